The Morgan fingerprint density at radius 3 is 2.70 bits per heavy atom. The fourth-order valence-electron chi connectivity index (χ4n) is 2.13. The lowest BCUT2D eigenvalue weighted by Crippen LogP contribution is -2.50. The molecule has 20 heavy (non-hydrogen) atoms. The van der Waals surface area contributed by atoms with E-state index in [9.17, 15) is 9.59 Å². The minimum Gasteiger partial charge on any atom is -0.321 e. The second kappa shape index (κ2) is 6.28. The van der Waals surface area contributed by atoms with Gasteiger partial charge in [-0.3, -0.25) is 9.59 Å². The molecule has 0 aromatic heterocycles. The normalized spacial score (nSPS) is 20.4. The third-order valence-electron chi connectivity index (χ3n) is 3.16. The lowest BCUT2D eigenvalue weighted by molar-refractivity contribution is -0.129. The zero-order valence-corrected chi connectivity index (χ0v) is 12.7. The minimum absolute atomic E-state index is 0.269. The Balaban J connectivity index is 2.30. The number of halogens is 1. The van der Waals surface area contributed by atoms with E-state index in [0.29, 0.717) is 16.5 Å². The van der Waals surface area contributed by atoms with Gasteiger partial charge in [0.25, 0.3) is 5.91 Å². The van der Waals surface area contributed by atoms with Crippen molar-refractivity contribution in [1.29, 1.82) is 0 Å². The third-order valence-corrected chi connectivity index (χ3v) is 3.88. The van der Waals surface area contributed by atoms with Crippen LogP contribution in [0.2, 0.25) is 0 Å². The number of nitrogens with two attached hydrogens (primary N) is 1. The van der Waals surface area contributed by atoms with E-state index in [4.69, 9.17) is 5.73 Å². The standard InChI is InChI=1S/C14H16BrN3O2/c1-2-5-10(16)12-17-13(19)11(14(20)18-12)8-6-3-4-7-9(8)15/h3-4,6-7,10-11H,2,5,16H2,1H3,(H,17,18,19,20). The molecule has 1 aliphatic heterocycles. The topological polar surface area (TPSA) is 84.5 Å². The molecule has 106 valence electrons. The Morgan fingerprint density at radius 2 is 2.10 bits per heavy atom. The van der Waals surface area contributed by atoms with Crippen LogP contribution in [0.15, 0.2) is 33.7 Å². The number of nitrogens with zero attached hydrogens (tertiary/aromatic N) is 1. The molecule has 0 saturated heterocycles. The molecule has 0 bridgehead atoms. The van der Waals surface area contributed by atoms with E-state index >= 15 is 0 Å². The molecule has 2 atom stereocenters. The van der Waals surface area contributed by atoms with Crippen molar-refractivity contribution in [3.63, 3.8) is 0 Å². The summed E-state index contributed by atoms with van der Waals surface area (Å²) in [6, 6.07) is 6.72. The van der Waals surface area contributed by atoms with E-state index in [2.05, 4.69) is 26.2 Å². The fraction of sp³-hybridized carbons (Fsp3) is 0.357. The highest BCUT2D eigenvalue weighted by Crippen LogP contribution is 2.27. The van der Waals surface area contributed by atoms with Gasteiger partial charge < -0.3 is 11.1 Å². The summed E-state index contributed by atoms with van der Waals surface area (Å²) in [6.07, 6.45) is 1.53. The first-order chi connectivity index (χ1) is 9.54. The zero-order chi connectivity index (χ0) is 14.7. The van der Waals surface area contributed by atoms with Crippen molar-refractivity contribution in [3.8, 4) is 0 Å². The molecule has 1 aliphatic rings. The first-order valence-corrected chi connectivity index (χ1v) is 7.27. The molecule has 2 amide bonds. The lowest BCUT2D eigenvalue weighted by atomic mass is 9.95. The molecule has 1 aromatic carbocycles. The van der Waals surface area contributed by atoms with Crippen LogP contribution in [0.3, 0.4) is 0 Å². The Bertz CT molecular complexity index is 571. The van der Waals surface area contributed by atoms with Crippen LogP contribution in [-0.4, -0.2) is 23.7 Å². The van der Waals surface area contributed by atoms with Crippen LogP contribution in [0.5, 0.6) is 0 Å². The van der Waals surface area contributed by atoms with E-state index in [1.165, 1.54) is 0 Å². The summed E-state index contributed by atoms with van der Waals surface area (Å²) in [5, 5.41) is 2.65. The summed E-state index contributed by atoms with van der Waals surface area (Å²) in [5.74, 6) is -1.49. The van der Waals surface area contributed by atoms with Crippen LogP contribution in [0.4, 0.5) is 0 Å². The SMILES string of the molecule is CCCC(N)C1=NC(=O)C(c2ccccc2Br)C(=O)N1. The minimum atomic E-state index is -0.914. The van der Waals surface area contributed by atoms with Crippen LogP contribution in [-0.2, 0) is 9.59 Å². The second-order valence-corrected chi connectivity index (χ2v) is 5.53. The second-order valence-electron chi connectivity index (χ2n) is 4.67. The number of amides is 2. The van der Waals surface area contributed by atoms with Gasteiger partial charge in [-0.25, -0.2) is 0 Å². The summed E-state index contributed by atoms with van der Waals surface area (Å²) < 4.78 is 0.713. The molecule has 3 N–H and O–H groups in total. The molecule has 1 heterocycles. The van der Waals surface area contributed by atoms with Gasteiger partial charge in [0.1, 0.15) is 11.8 Å². The quantitative estimate of drug-likeness (QED) is 0.820. The Hall–Kier alpha value is -1.53. The Morgan fingerprint density at radius 1 is 1.40 bits per heavy atom. The van der Waals surface area contributed by atoms with Crippen molar-refractivity contribution in [2.45, 2.75) is 31.7 Å². The maximum atomic E-state index is 12.2. The average Bonchev–Trinajstić information content (AvgIpc) is 2.40. The van der Waals surface area contributed by atoms with Crippen LogP contribution >= 0.6 is 15.9 Å². The molecule has 0 aliphatic carbocycles. The van der Waals surface area contributed by atoms with Gasteiger partial charge in [-0.05, 0) is 18.1 Å². The summed E-state index contributed by atoms with van der Waals surface area (Å²) in [7, 11) is 0. The summed E-state index contributed by atoms with van der Waals surface area (Å²) in [5.41, 5.74) is 6.50. The van der Waals surface area contributed by atoms with Gasteiger partial charge in [-0.2, -0.15) is 4.99 Å². The van der Waals surface area contributed by atoms with Gasteiger partial charge in [0.2, 0.25) is 5.91 Å². The van der Waals surface area contributed by atoms with Gasteiger partial charge >= 0.3 is 0 Å². The van der Waals surface area contributed by atoms with Crippen molar-refractivity contribution < 1.29 is 9.59 Å². The zero-order valence-electron chi connectivity index (χ0n) is 11.1. The summed E-state index contributed by atoms with van der Waals surface area (Å²) in [4.78, 5) is 28.3. The molecule has 6 heteroatoms. The molecule has 0 fully saturated rings. The predicted molar refractivity (Wildman–Crippen MR) is 80.4 cm³/mol. The Labute approximate surface area is 125 Å². The highest BCUT2D eigenvalue weighted by molar-refractivity contribution is 9.10. The van der Waals surface area contributed by atoms with E-state index < -0.39 is 17.9 Å². The van der Waals surface area contributed by atoms with E-state index in [1.54, 1.807) is 18.2 Å². The summed E-state index contributed by atoms with van der Waals surface area (Å²) in [6.45, 7) is 1.98. The number of hydrogen-bond acceptors (Lipinski definition) is 3. The van der Waals surface area contributed by atoms with Crippen molar-refractivity contribution in [1.82, 2.24) is 5.32 Å². The van der Waals surface area contributed by atoms with E-state index in [0.717, 1.165) is 6.42 Å². The number of aliphatic imine (C=N–C) groups is 1. The predicted octanol–water partition coefficient (Wildman–Crippen LogP) is 1.71. The van der Waals surface area contributed by atoms with Gasteiger partial charge in [0.15, 0.2) is 0 Å². The number of hydrogen-bond donors (Lipinski definition) is 2. The van der Waals surface area contributed by atoms with Gasteiger partial charge in [-0.15, -0.1) is 0 Å². The molecule has 2 rings (SSSR count). The largest absolute Gasteiger partial charge is 0.321 e. The molecule has 2 unspecified atom stereocenters. The number of amidine groups is 1. The van der Waals surface area contributed by atoms with Crippen LogP contribution in [0, 0.1) is 0 Å². The van der Waals surface area contributed by atoms with Gasteiger partial charge in [0, 0.05) is 4.47 Å². The first-order valence-electron chi connectivity index (χ1n) is 6.48. The van der Waals surface area contributed by atoms with Crippen LogP contribution in [0.25, 0.3) is 0 Å². The van der Waals surface area contributed by atoms with Gasteiger partial charge in [-0.1, -0.05) is 47.5 Å². The molecule has 0 radical (unpaired) electrons. The molecular weight excluding hydrogens is 322 g/mol. The summed E-state index contributed by atoms with van der Waals surface area (Å²) >= 11 is 3.35. The molecule has 0 spiro atoms. The van der Waals surface area contributed by atoms with Crippen molar-refractivity contribution in [2.24, 2.45) is 10.7 Å². The average molecular weight is 338 g/mol. The molecular formula is C14H16BrN3O2. The number of carbonyl (C=O) groups excluding carboxylic acids is 2. The maximum Gasteiger partial charge on any atom is 0.264 e. The van der Waals surface area contributed by atoms with Gasteiger partial charge in [0.05, 0.1) is 6.04 Å². The van der Waals surface area contributed by atoms with Crippen LogP contribution in [0.1, 0.15) is 31.2 Å². The van der Waals surface area contributed by atoms with Crippen LogP contribution < -0.4 is 11.1 Å². The van der Waals surface area contributed by atoms with E-state index in [1.807, 2.05) is 13.0 Å². The third kappa shape index (κ3) is 2.96. The number of nitrogens with one attached hydrogen (secondary N) is 1. The van der Waals surface area contributed by atoms with E-state index in [-0.39, 0.29) is 11.7 Å². The molecule has 5 nitrogen and oxygen atoms in total. The van der Waals surface area contributed by atoms with Crippen molar-refractivity contribution in [2.75, 3.05) is 0 Å². The highest BCUT2D eigenvalue weighted by Gasteiger charge is 2.35. The fourth-order valence-corrected chi connectivity index (χ4v) is 2.64. The highest BCUT2D eigenvalue weighted by atomic mass is 79.9. The number of carbonyl (C=O) groups is 2. The Kier molecular flexibility index (Phi) is 4.67. The number of rotatable bonds is 4. The molecule has 1 aromatic rings. The smallest absolute Gasteiger partial charge is 0.264 e. The molecule has 0 saturated carbocycles. The van der Waals surface area contributed by atoms with Crippen molar-refractivity contribution in [3.05, 3.63) is 34.3 Å². The monoisotopic (exact) mass is 337 g/mol. The first kappa shape index (κ1) is 14.9. The van der Waals surface area contributed by atoms with Crippen molar-refractivity contribution >= 4 is 33.6 Å². The maximum absolute atomic E-state index is 12.2. The lowest BCUT2D eigenvalue weighted by Gasteiger charge is -2.24. The number of benzene rings is 1.